The Morgan fingerprint density at radius 1 is 1.04 bits per heavy atom. The van der Waals surface area contributed by atoms with E-state index in [0.717, 1.165) is 12.2 Å². The van der Waals surface area contributed by atoms with Crippen LogP contribution in [0.1, 0.15) is 29.6 Å². The molecular weight excluding hydrogens is 350 g/mol. The van der Waals surface area contributed by atoms with Gasteiger partial charge in [0.05, 0.1) is 19.2 Å². The number of nitrogens with one attached hydrogen (secondary N) is 1. The van der Waals surface area contributed by atoms with Gasteiger partial charge >= 0.3 is 0 Å². The van der Waals surface area contributed by atoms with Crippen LogP contribution < -0.4 is 15.8 Å². The van der Waals surface area contributed by atoms with E-state index in [-0.39, 0.29) is 18.0 Å². The van der Waals surface area contributed by atoms with Crippen LogP contribution in [0, 0.1) is 0 Å². The highest BCUT2D eigenvalue weighted by atomic mass is 16.5. The monoisotopic (exact) mass is 371 g/mol. The first-order valence-corrected chi connectivity index (χ1v) is 9.33. The number of nitrogens with zero attached hydrogens (tertiary/aromatic N) is 3. The van der Waals surface area contributed by atoms with Gasteiger partial charge in [-0.1, -0.05) is 54.6 Å². The number of rotatable bonds is 3. The van der Waals surface area contributed by atoms with Crippen LogP contribution in [0.2, 0.25) is 0 Å². The van der Waals surface area contributed by atoms with E-state index in [1.54, 1.807) is 7.11 Å². The predicted molar refractivity (Wildman–Crippen MR) is 110 cm³/mol. The Morgan fingerprint density at radius 3 is 2.64 bits per heavy atom. The van der Waals surface area contributed by atoms with Crippen molar-refractivity contribution in [2.24, 2.45) is 0 Å². The third-order valence-electron chi connectivity index (χ3n) is 5.41. The van der Waals surface area contributed by atoms with Crippen LogP contribution in [0.3, 0.4) is 0 Å². The van der Waals surface area contributed by atoms with E-state index in [9.17, 15) is 0 Å². The lowest BCUT2D eigenvalue weighted by Gasteiger charge is -2.32. The highest BCUT2D eigenvalue weighted by Gasteiger charge is 2.31. The Morgan fingerprint density at radius 2 is 1.82 bits per heavy atom. The summed E-state index contributed by atoms with van der Waals surface area (Å²) in [5.41, 5.74) is 8.34. The molecule has 0 fully saturated rings. The van der Waals surface area contributed by atoms with E-state index in [4.69, 9.17) is 10.5 Å². The van der Waals surface area contributed by atoms with Crippen LogP contribution in [-0.4, -0.2) is 21.9 Å². The lowest BCUT2D eigenvalue weighted by Crippen LogP contribution is -2.28. The number of benzene rings is 3. The molecule has 0 amide bonds. The van der Waals surface area contributed by atoms with Gasteiger partial charge in [-0.2, -0.15) is 4.98 Å². The highest BCUT2D eigenvalue weighted by Crippen LogP contribution is 2.40. The third kappa shape index (κ3) is 2.74. The summed E-state index contributed by atoms with van der Waals surface area (Å²) >= 11 is 0. The zero-order chi connectivity index (χ0) is 19.1. The molecule has 0 unspecified atom stereocenters. The predicted octanol–water partition coefficient (Wildman–Crippen LogP) is 4.17. The van der Waals surface area contributed by atoms with E-state index in [0.29, 0.717) is 5.95 Å². The van der Waals surface area contributed by atoms with E-state index in [1.807, 2.05) is 16.8 Å². The Bertz CT molecular complexity index is 1130. The maximum absolute atomic E-state index is 5.93. The Labute approximate surface area is 163 Å². The lowest BCUT2D eigenvalue weighted by molar-refractivity contribution is 0.413. The molecule has 0 saturated carbocycles. The van der Waals surface area contributed by atoms with Crippen LogP contribution in [-0.2, 0) is 0 Å². The van der Waals surface area contributed by atoms with Gasteiger partial charge in [-0.05, 0) is 40.5 Å². The molecular formula is C22H21N5O. The number of nitrogen functional groups attached to an aromatic ring is 1. The van der Waals surface area contributed by atoms with Crippen molar-refractivity contribution in [3.05, 3.63) is 77.9 Å². The van der Waals surface area contributed by atoms with Crippen molar-refractivity contribution in [1.29, 1.82) is 0 Å². The van der Waals surface area contributed by atoms with E-state index >= 15 is 0 Å². The lowest BCUT2D eigenvalue weighted by atomic mass is 9.90. The Kier molecular flexibility index (Phi) is 3.90. The molecule has 28 heavy (non-hydrogen) atoms. The number of anilines is 2. The van der Waals surface area contributed by atoms with Crippen molar-refractivity contribution in [1.82, 2.24) is 14.8 Å². The van der Waals surface area contributed by atoms with Crippen LogP contribution in [0.25, 0.3) is 10.8 Å². The molecule has 3 aromatic carbocycles. The minimum atomic E-state index is 0.0410. The number of hydrogen-bond donors (Lipinski definition) is 2. The summed E-state index contributed by atoms with van der Waals surface area (Å²) in [5, 5.41) is 10.4. The van der Waals surface area contributed by atoms with Crippen molar-refractivity contribution in [2.45, 2.75) is 18.5 Å². The summed E-state index contributed by atoms with van der Waals surface area (Å²) in [5.74, 6) is 1.82. The molecule has 0 radical (unpaired) electrons. The molecule has 0 spiro atoms. The topological polar surface area (TPSA) is 78.0 Å². The van der Waals surface area contributed by atoms with Gasteiger partial charge in [0.2, 0.25) is 11.9 Å². The van der Waals surface area contributed by atoms with Gasteiger partial charge in [0.25, 0.3) is 0 Å². The molecule has 2 atom stereocenters. The average Bonchev–Trinajstić information content (AvgIpc) is 3.13. The van der Waals surface area contributed by atoms with Gasteiger partial charge in [-0.3, -0.25) is 0 Å². The number of aromatic nitrogens is 3. The SMILES string of the molecule is COc1ccc([C@H]2C[C@@H](c3cccc4ccccc34)n3nc(N)nc3N2)cc1. The maximum atomic E-state index is 5.93. The van der Waals surface area contributed by atoms with Crippen molar-refractivity contribution >= 4 is 22.7 Å². The molecule has 2 heterocycles. The smallest absolute Gasteiger partial charge is 0.241 e. The molecule has 1 aliphatic rings. The van der Waals surface area contributed by atoms with Gasteiger partial charge in [-0.15, -0.1) is 5.10 Å². The fraction of sp³-hybridized carbons (Fsp3) is 0.182. The Hall–Kier alpha value is -3.54. The minimum Gasteiger partial charge on any atom is -0.497 e. The normalized spacial score (nSPS) is 18.5. The first-order valence-electron chi connectivity index (χ1n) is 9.33. The zero-order valence-corrected chi connectivity index (χ0v) is 15.5. The third-order valence-corrected chi connectivity index (χ3v) is 5.41. The first kappa shape index (κ1) is 16.6. The molecule has 1 aromatic heterocycles. The van der Waals surface area contributed by atoms with Crippen LogP contribution in [0.15, 0.2) is 66.7 Å². The molecule has 140 valence electrons. The molecule has 3 N–H and O–H groups in total. The van der Waals surface area contributed by atoms with Crippen molar-refractivity contribution in [3.8, 4) is 5.75 Å². The molecule has 1 aliphatic heterocycles. The van der Waals surface area contributed by atoms with E-state index < -0.39 is 0 Å². The number of ether oxygens (including phenoxy) is 1. The van der Waals surface area contributed by atoms with Crippen LogP contribution >= 0.6 is 0 Å². The molecule has 4 aromatic rings. The molecule has 6 nitrogen and oxygen atoms in total. The first-order chi connectivity index (χ1) is 13.7. The zero-order valence-electron chi connectivity index (χ0n) is 15.5. The molecule has 0 aliphatic carbocycles. The summed E-state index contributed by atoms with van der Waals surface area (Å²) in [6.45, 7) is 0. The highest BCUT2D eigenvalue weighted by molar-refractivity contribution is 5.86. The van der Waals surface area contributed by atoms with E-state index in [1.165, 1.54) is 21.9 Å². The fourth-order valence-electron chi connectivity index (χ4n) is 4.05. The Balaban J connectivity index is 1.61. The van der Waals surface area contributed by atoms with Crippen LogP contribution in [0.4, 0.5) is 11.9 Å². The van der Waals surface area contributed by atoms with Gasteiger partial charge in [-0.25, -0.2) is 4.68 Å². The number of fused-ring (bicyclic) bond motifs is 2. The summed E-state index contributed by atoms with van der Waals surface area (Å²) in [4.78, 5) is 4.41. The van der Waals surface area contributed by atoms with E-state index in [2.05, 4.69) is 70.0 Å². The summed E-state index contributed by atoms with van der Waals surface area (Å²) in [6, 6.07) is 23.1. The molecule has 0 saturated heterocycles. The second-order valence-electron chi connectivity index (χ2n) is 7.03. The van der Waals surface area contributed by atoms with Gasteiger partial charge in [0.15, 0.2) is 0 Å². The van der Waals surface area contributed by atoms with Crippen molar-refractivity contribution < 1.29 is 4.74 Å². The quantitative estimate of drug-likeness (QED) is 0.565. The average molecular weight is 371 g/mol. The minimum absolute atomic E-state index is 0.0410. The van der Waals surface area contributed by atoms with Crippen LogP contribution in [0.5, 0.6) is 5.75 Å². The van der Waals surface area contributed by atoms with Gasteiger partial charge < -0.3 is 15.8 Å². The summed E-state index contributed by atoms with van der Waals surface area (Å²) in [7, 11) is 1.68. The maximum Gasteiger partial charge on any atom is 0.241 e. The second kappa shape index (κ2) is 6.56. The standard InChI is InChI=1S/C22H21N5O/c1-28-16-11-9-15(10-12-16)19-13-20(27-22(24-19)25-21(23)26-27)18-8-4-6-14-5-2-3-7-17(14)18/h2-12,19-20H,13H2,1H3,(H3,23,24,25,26)/t19-,20+/m1/s1. The van der Waals surface area contributed by atoms with Crippen molar-refractivity contribution in [2.75, 3.05) is 18.2 Å². The number of nitrogens with two attached hydrogens (primary N) is 1. The summed E-state index contributed by atoms with van der Waals surface area (Å²) < 4.78 is 7.21. The largest absolute Gasteiger partial charge is 0.497 e. The van der Waals surface area contributed by atoms with Crippen molar-refractivity contribution in [3.63, 3.8) is 0 Å². The fourth-order valence-corrected chi connectivity index (χ4v) is 4.05. The van der Waals surface area contributed by atoms with Gasteiger partial charge in [0.1, 0.15) is 5.75 Å². The number of methoxy groups -OCH3 is 1. The summed E-state index contributed by atoms with van der Waals surface area (Å²) in [6.07, 6.45) is 0.843. The van der Waals surface area contributed by atoms with Gasteiger partial charge in [0, 0.05) is 0 Å². The molecule has 0 bridgehead atoms. The molecule has 5 rings (SSSR count). The second-order valence-corrected chi connectivity index (χ2v) is 7.03. The molecule has 6 heteroatoms. The number of hydrogen-bond acceptors (Lipinski definition) is 5.